The Balaban J connectivity index is 1.93. The number of hydrogen-bond acceptors (Lipinski definition) is 2. The molecule has 1 aliphatic heterocycles. The number of amides is 1. The van der Waals surface area contributed by atoms with Crippen LogP contribution in [-0.4, -0.2) is 11.9 Å². The fourth-order valence-electron chi connectivity index (χ4n) is 2.79. The van der Waals surface area contributed by atoms with Crippen molar-refractivity contribution in [3.05, 3.63) is 29.3 Å². The zero-order valence-electron chi connectivity index (χ0n) is 12.8. The summed E-state index contributed by atoms with van der Waals surface area (Å²) in [6.45, 7) is 6.46. The molecule has 110 valence electrons. The Kier molecular flexibility index (Phi) is 5.18. The molecule has 1 heterocycles. The summed E-state index contributed by atoms with van der Waals surface area (Å²) in [4.78, 5) is 12.1. The van der Waals surface area contributed by atoms with Gasteiger partial charge in [0, 0.05) is 17.3 Å². The van der Waals surface area contributed by atoms with E-state index in [9.17, 15) is 4.79 Å². The number of benzene rings is 1. The van der Waals surface area contributed by atoms with Crippen molar-refractivity contribution in [3.63, 3.8) is 0 Å². The van der Waals surface area contributed by atoms with Gasteiger partial charge in [-0.3, -0.25) is 10.1 Å². The van der Waals surface area contributed by atoms with Gasteiger partial charge in [-0.1, -0.05) is 50.3 Å². The van der Waals surface area contributed by atoms with Crippen molar-refractivity contribution in [2.24, 2.45) is 0 Å². The number of fused-ring (bicyclic) bond motifs is 1. The van der Waals surface area contributed by atoms with Crippen LogP contribution in [0, 0.1) is 6.92 Å². The van der Waals surface area contributed by atoms with E-state index in [2.05, 4.69) is 37.5 Å². The molecule has 1 aromatic carbocycles. The first-order chi connectivity index (χ1) is 9.61. The summed E-state index contributed by atoms with van der Waals surface area (Å²) in [5, 5.41) is 6.43. The molecular weight excluding hydrogens is 248 g/mol. The summed E-state index contributed by atoms with van der Waals surface area (Å²) in [6.07, 6.45) is 6.22. The highest BCUT2D eigenvalue weighted by Gasteiger charge is 2.31. The normalized spacial score (nSPS) is 18.8. The molecule has 1 aromatic rings. The average molecular weight is 274 g/mol. The highest BCUT2D eigenvalue weighted by Crippen LogP contribution is 2.31. The van der Waals surface area contributed by atoms with E-state index in [0.717, 1.165) is 17.7 Å². The fraction of sp³-hybridized carbons (Fsp3) is 0.588. The molecule has 3 heteroatoms. The fourth-order valence-corrected chi connectivity index (χ4v) is 2.79. The number of rotatable bonds is 7. The molecule has 1 amide bonds. The van der Waals surface area contributed by atoms with Crippen LogP contribution < -0.4 is 10.6 Å². The van der Waals surface area contributed by atoms with Gasteiger partial charge in [0.2, 0.25) is 5.91 Å². The Morgan fingerprint density at radius 2 is 2.10 bits per heavy atom. The van der Waals surface area contributed by atoms with Crippen LogP contribution in [-0.2, 0) is 4.79 Å². The van der Waals surface area contributed by atoms with Crippen LogP contribution in [0.2, 0.25) is 0 Å². The van der Waals surface area contributed by atoms with Gasteiger partial charge in [-0.25, -0.2) is 0 Å². The molecule has 0 aromatic heterocycles. The molecule has 2 unspecified atom stereocenters. The molecule has 1 aliphatic rings. The van der Waals surface area contributed by atoms with Crippen LogP contribution in [0.15, 0.2) is 18.2 Å². The lowest BCUT2D eigenvalue weighted by molar-refractivity contribution is -0.117. The van der Waals surface area contributed by atoms with Gasteiger partial charge in [-0.15, -0.1) is 0 Å². The minimum Gasteiger partial charge on any atom is -0.324 e. The Hall–Kier alpha value is -1.35. The van der Waals surface area contributed by atoms with Crippen molar-refractivity contribution in [2.75, 3.05) is 5.32 Å². The quantitative estimate of drug-likeness (QED) is 0.739. The standard InChI is InChI=1S/C17H26N2O/c1-4-5-6-7-8-13(3)18-16-14-11-12(2)9-10-15(14)19-17(16)20/h9-11,13,16,18H,4-8H2,1-3H3,(H,19,20). The number of nitrogens with one attached hydrogen (secondary N) is 2. The van der Waals surface area contributed by atoms with Crippen molar-refractivity contribution in [3.8, 4) is 0 Å². The van der Waals surface area contributed by atoms with E-state index in [1.165, 1.54) is 31.2 Å². The first kappa shape index (κ1) is 15.0. The highest BCUT2D eigenvalue weighted by atomic mass is 16.2. The predicted molar refractivity (Wildman–Crippen MR) is 83.9 cm³/mol. The van der Waals surface area contributed by atoms with Gasteiger partial charge < -0.3 is 5.32 Å². The van der Waals surface area contributed by atoms with Gasteiger partial charge in [0.25, 0.3) is 0 Å². The SMILES string of the molecule is CCCCCCC(C)NC1C(=O)Nc2ccc(C)cc21. The van der Waals surface area contributed by atoms with E-state index in [1.54, 1.807) is 0 Å². The Labute approximate surface area is 122 Å². The maximum atomic E-state index is 12.1. The summed E-state index contributed by atoms with van der Waals surface area (Å²) in [5.41, 5.74) is 3.24. The minimum absolute atomic E-state index is 0.0750. The van der Waals surface area contributed by atoms with Gasteiger partial charge in [-0.05, 0) is 26.3 Å². The third-order valence-electron chi connectivity index (χ3n) is 3.98. The third-order valence-corrected chi connectivity index (χ3v) is 3.98. The Morgan fingerprint density at radius 1 is 1.30 bits per heavy atom. The number of carbonyl (C=O) groups excluding carboxylic acids is 1. The van der Waals surface area contributed by atoms with Crippen molar-refractivity contribution in [1.29, 1.82) is 0 Å². The lowest BCUT2D eigenvalue weighted by Crippen LogP contribution is -2.34. The first-order valence-corrected chi connectivity index (χ1v) is 7.79. The van der Waals surface area contributed by atoms with E-state index in [4.69, 9.17) is 0 Å². The molecule has 20 heavy (non-hydrogen) atoms. The molecule has 2 rings (SSSR count). The zero-order chi connectivity index (χ0) is 14.5. The van der Waals surface area contributed by atoms with Crippen LogP contribution in [0.25, 0.3) is 0 Å². The van der Waals surface area contributed by atoms with Crippen LogP contribution in [0.3, 0.4) is 0 Å². The molecule has 0 aliphatic carbocycles. The molecule has 0 saturated carbocycles. The lowest BCUT2D eigenvalue weighted by Gasteiger charge is -2.18. The van der Waals surface area contributed by atoms with Gasteiger partial charge in [0.15, 0.2) is 0 Å². The smallest absolute Gasteiger partial charge is 0.246 e. The molecule has 0 radical (unpaired) electrons. The van der Waals surface area contributed by atoms with Crippen LogP contribution in [0.4, 0.5) is 5.69 Å². The molecule has 0 spiro atoms. The highest BCUT2D eigenvalue weighted by molar-refractivity contribution is 6.02. The summed E-state index contributed by atoms with van der Waals surface area (Å²) in [6, 6.07) is 6.32. The largest absolute Gasteiger partial charge is 0.324 e. The number of anilines is 1. The van der Waals surface area contributed by atoms with Gasteiger partial charge in [0.1, 0.15) is 6.04 Å². The van der Waals surface area contributed by atoms with Crippen LogP contribution >= 0.6 is 0 Å². The van der Waals surface area contributed by atoms with Gasteiger partial charge >= 0.3 is 0 Å². The summed E-state index contributed by atoms with van der Waals surface area (Å²) >= 11 is 0. The Bertz CT molecular complexity index is 470. The Morgan fingerprint density at radius 3 is 2.85 bits per heavy atom. The maximum absolute atomic E-state index is 12.1. The molecule has 3 nitrogen and oxygen atoms in total. The van der Waals surface area contributed by atoms with E-state index < -0.39 is 0 Å². The summed E-state index contributed by atoms with van der Waals surface area (Å²) < 4.78 is 0. The van der Waals surface area contributed by atoms with Crippen LogP contribution in [0.5, 0.6) is 0 Å². The molecular formula is C17H26N2O. The number of carbonyl (C=O) groups is 1. The second-order valence-electron chi connectivity index (χ2n) is 5.93. The topological polar surface area (TPSA) is 41.1 Å². The molecule has 2 N–H and O–H groups in total. The van der Waals surface area contributed by atoms with Gasteiger partial charge in [-0.2, -0.15) is 0 Å². The van der Waals surface area contributed by atoms with Crippen molar-refractivity contribution in [1.82, 2.24) is 5.32 Å². The number of aryl methyl sites for hydroxylation is 1. The molecule has 0 fully saturated rings. The maximum Gasteiger partial charge on any atom is 0.246 e. The second-order valence-corrected chi connectivity index (χ2v) is 5.93. The third kappa shape index (κ3) is 3.60. The average Bonchev–Trinajstić information content (AvgIpc) is 2.71. The van der Waals surface area contributed by atoms with Crippen molar-refractivity contribution < 1.29 is 4.79 Å². The zero-order valence-corrected chi connectivity index (χ0v) is 12.8. The number of unbranched alkanes of at least 4 members (excludes halogenated alkanes) is 3. The van der Waals surface area contributed by atoms with E-state index >= 15 is 0 Å². The summed E-state index contributed by atoms with van der Waals surface area (Å²) in [5.74, 6) is 0.0750. The van der Waals surface area contributed by atoms with Gasteiger partial charge in [0.05, 0.1) is 0 Å². The van der Waals surface area contributed by atoms with Crippen molar-refractivity contribution >= 4 is 11.6 Å². The van der Waals surface area contributed by atoms with Crippen molar-refractivity contribution in [2.45, 2.75) is 65.0 Å². The first-order valence-electron chi connectivity index (χ1n) is 7.79. The second kappa shape index (κ2) is 6.89. The van der Waals surface area contributed by atoms with Crippen LogP contribution in [0.1, 0.15) is 63.1 Å². The lowest BCUT2D eigenvalue weighted by atomic mass is 10.0. The monoisotopic (exact) mass is 274 g/mol. The predicted octanol–water partition coefficient (Wildman–Crippen LogP) is 3.94. The van der Waals surface area contributed by atoms with E-state index in [1.807, 2.05) is 12.1 Å². The molecule has 0 saturated heterocycles. The molecule has 0 bridgehead atoms. The summed E-state index contributed by atoms with van der Waals surface area (Å²) in [7, 11) is 0. The number of hydrogen-bond donors (Lipinski definition) is 2. The van der Waals surface area contributed by atoms with E-state index in [0.29, 0.717) is 6.04 Å². The minimum atomic E-state index is -0.189. The molecule has 2 atom stereocenters. The van der Waals surface area contributed by atoms with E-state index in [-0.39, 0.29) is 11.9 Å².